The summed E-state index contributed by atoms with van der Waals surface area (Å²) in [5.41, 5.74) is 28.7. The predicted molar refractivity (Wildman–Crippen MR) is 345 cm³/mol. The highest BCUT2D eigenvalue weighted by Crippen LogP contribution is 2.39. The minimum absolute atomic E-state index is 0.842. The molecule has 12 heteroatoms. The number of hydrogen-bond acceptors (Lipinski definition) is 8. The topological polar surface area (TPSA) is 115 Å². The molecule has 0 saturated heterocycles. The SMILES string of the molecule is C1=Cc2nc1cc1ccc([nH]1)c1c3nc(cc4ccc([nH]4)c2-c2cccc(c2)CSSCc2cccc(c2)-c2c4nc(cc5ccc([nH]5)c(c5nc(cc6ccc2[nH]6)C=C5)-c2cccc(c2)CSSCc2cccc-1c2)C=C4)C=C3. The largest absolute Gasteiger partial charge is 0.355 e. The van der Waals surface area contributed by atoms with Crippen LogP contribution in [0.3, 0.4) is 0 Å². The van der Waals surface area contributed by atoms with Gasteiger partial charge < -0.3 is 19.9 Å². The lowest BCUT2D eigenvalue weighted by atomic mass is 10.0. The number of hydrogen-bond donors (Lipinski definition) is 4. The van der Waals surface area contributed by atoms with Gasteiger partial charge in [0.25, 0.3) is 0 Å². The van der Waals surface area contributed by atoms with Crippen LogP contribution < -0.4 is 0 Å². The van der Waals surface area contributed by atoms with Gasteiger partial charge in [0.15, 0.2) is 0 Å². The average molecular weight is 1110 g/mol. The van der Waals surface area contributed by atoms with E-state index in [9.17, 15) is 0 Å². The highest BCUT2D eigenvalue weighted by molar-refractivity contribution is 8.76. The summed E-state index contributed by atoms with van der Waals surface area (Å²) in [4.78, 5) is 36.1. The molecule has 0 radical (unpaired) electrons. The highest BCUT2D eigenvalue weighted by Gasteiger charge is 2.18. The van der Waals surface area contributed by atoms with Crippen LogP contribution in [-0.4, -0.2) is 39.9 Å². The van der Waals surface area contributed by atoms with Crippen molar-refractivity contribution in [1.29, 1.82) is 0 Å². The van der Waals surface area contributed by atoms with Crippen molar-refractivity contribution in [3.05, 3.63) is 238 Å². The Bertz CT molecular complexity index is 4060. The second kappa shape index (κ2) is 20.9. The van der Waals surface area contributed by atoms with Gasteiger partial charge in [-0.15, -0.1) is 0 Å². The molecule has 384 valence electrons. The first-order chi connectivity index (χ1) is 39.5. The summed E-state index contributed by atoms with van der Waals surface area (Å²) in [6.45, 7) is 0. The van der Waals surface area contributed by atoms with E-state index in [4.69, 9.17) is 19.9 Å². The lowest BCUT2D eigenvalue weighted by Crippen LogP contribution is -1.89. The molecule has 8 aliphatic heterocycles. The maximum atomic E-state index is 5.27. The molecular formula is C68H48N8S4. The Labute approximate surface area is 477 Å². The Morgan fingerprint density at radius 2 is 0.512 bits per heavy atom. The van der Waals surface area contributed by atoms with Gasteiger partial charge in [-0.2, -0.15) is 0 Å². The van der Waals surface area contributed by atoms with E-state index in [0.717, 1.165) is 157 Å². The molecule has 8 nitrogen and oxygen atoms in total. The van der Waals surface area contributed by atoms with Crippen molar-refractivity contribution in [2.75, 3.05) is 0 Å². The van der Waals surface area contributed by atoms with E-state index >= 15 is 0 Å². The first-order valence-electron chi connectivity index (χ1n) is 26.6. The zero-order chi connectivity index (χ0) is 52.9. The molecule has 6 aromatic heterocycles. The van der Waals surface area contributed by atoms with E-state index in [1.54, 1.807) is 0 Å². The third-order valence-electron chi connectivity index (χ3n) is 14.7. The van der Waals surface area contributed by atoms with Gasteiger partial charge in [-0.3, -0.25) is 0 Å². The average Bonchev–Trinajstić information content (AvgIpc) is 4.37. The molecule has 28 bridgehead atoms. The summed E-state index contributed by atoms with van der Waals surface area (Å²) in [6, 6.07) is 61.4. The molecule has 0 saturated carbocycles. The second-order valence-corrected chi connectivity index (χ2v) is 25.2. The number of benzene rings is 4. The Morgan fingerprint density at radius 1 is 0.263 bits per heavy atom. The summed E-state index contributed by atoms with van der Waals surface area (Å²) in [5.74, 6) is 3.37. The van der Waals surface area contributed by atoms with Gasteiger partial charge >= 0.3 is 0 Å². The van der Waals surface area contributed by atoms with E-state index in [-0.39, 0.29) is 0 Å². The van der Waals surface area contributed by atoms with Crippen LogP contribution in [-0.2, 0) is 23.0 Å². The first kappa shape index (κ1) is 48.6. The van der Waals surface area contributed by atoms with Crippen molar-refractivity contribution in [2.24, 2.45) is 0 Å². The molecule has 80 heavy (non-hydrogen) atoms. The summed E-state index contributed by atoms with van der Waals surface area (Å²) >= 11 is 0. The number of aromatic nitrogens is 8. The molecular weight excluding hydrogens is 1060 g/mol. The minimum atomic E-state index is 0.842. The second-order valence-electron chi connectivity index (χ2n) is 20.3. The monoisotopic (exact) mass is 1100 g/mol. The van der Waals surface area contributed by atoms with Crippen LogP contribution in [0.2, 0.25) is 0 Å². The van der Waals surface area contributed by atoms with Crippen molar-refractivity contribution in [3.63, 3.8) is 0 Å². The molecule has 4 aromatic carbocycles. The number of nitrogens with one attached hydrogen (secondary N) is 4. The fourth-order valence-electron chi connectivity index (χ4n) is 11.1. The van der Waals surface area contributed by atoms with Crippen LogP contribution in [0.4, 0.5) is 0 Å². The van der Waals surface area contributed by atoms with E-state index < -0.39 is 0 Å². The Balaban J connectivity index is 0.862. The number of aromatic amines is 4. The fourth-order valence-corrected chi connectivity index (χ4v) is 15.3. The van der Waals surface area contributed by atoms with Crippen molar-refractivity contribution in [1.82, 2.24) is 39.9 Å². The van der Waals surface area contributed by atoms with E-state index in [0.29, 0.717) is 0 Å². The Morgan fingerprint density at radius 3 is 0.762 bits per heavy atom. The molecule has 0 amide bonds. The summed E-state index contributed by atoms with van der Waals surface area (Å²) in [6.07, 6.45) is 17.0. The summed E-state index contributed by atoms with van der Waals surface area (Å²) in [7, 11) is 7.49. The fraction of sp³-hybridized carbons (Fsp3) is 0.0588. The van der Waals surface area contributed by atoms with Crippen molar-refractivity contribution >= 4 is 136 Å². The van der Waals surface area contributed by atoms with Crippen LogP contribution in [0.15, 0.2) is 170 Å². The Hall–Kier alpha value is -8.52. The van der Waals surface area contributed by atoms with Crippen LogP contribution in [0.5, 0.6) is 0 Å². The van der Waals surface area contributed by atoms with Crippen LogP contribution in [0.25, 0.3) is 137 Å². The maximum Gasteiger partial charge on any atom is 0.0736 e. The molecule has 4 N–H and O–H groups in total. The number of nitrogens with zero attached hydrogens (tertiary/aromatic N) is 4. The molecule has 0 unspecified atom stereocenters. The normalized spacial score (nSPS) is 13.9. The van der Waals surface area contributed by atoms with E-state index in [1.165, 1.54) is 22.3 Å². The number of rotatable bonds is 0. The third-order valence-corrected chi connectivity index (χ3v) is 19.3. The molecule has 0 atom stereocenters. The molecule has 0 spiro atoms. The van der Waals surface area contributed by atoms with Gasteiger partial charge in [0.1, 0.15) is 0 Å². The van der Waals surface area contributed by atoms with Gasteiger partial charge in [-0.1, -0.05) is 140 Å². The molecule has 0 aliphatic carbocycles. The lowest BCUT2D eigenvalue weighted by molar-refractivity contribution is 1.31. The lowest BCUT2D eigenvalue weighted by Gasteiger charge is -2.09. The molecule has 18 rings (SSSR count). The molecule has 8 aliphatic rings. The summed E-state index contributed by atoms with van der Waals surface area (Å²) in [5, 5.41) is 0. The molecule has 0 fully saturated rings. The van der Waals surface area contributed by atoms with Gasteiger partial charge in [0, 0.05) is 89.4 Å². The van der Waals surface area contributed by atoms with Gasteiger partial charge in [0.2, 0.25) is 0 Å². The third kappa shape index (κ3) is 9.89. The molecule has 14 heterocycles. The van der Waals surface area contributed by atoms with Crippen molar-refractivity contribution in [2.45, 2.75) is 23.0 Å². The standard InChI is InChI=1S/C68H48N8S4/c1-5-41-29-45(9-1)65-57-21-13-49(69-57)33-51-15-23-59(71-51)67(60-24-16-52(72-60)34-50-14-22-58(65)70-50)47-11-3-7-43(31-47)39-79-80-40-44-8-4-12-48(32-44)68-63-27-19-55(75-63)35-53-17-25-61(73-53)66(46-10-2-6-42(30-46)38-78-77-37-41)62-26-18-54(74-62)36-56-20-28-64(68)76-56/h1-36,69,72-73,76H,37-40H2. The van der Waals surface area contributed by atoms with Gasteiger partial charge in [0.05, 0.1) is 45.6 Å². The molecule has 10 aromatic rings. The van der Waals surface area contributed by atoms with E-state index in [1.807, 2.05) is 43.2 Å². The van der Waals surface area contributed by atoms with Crippen LogP contribution in [0, 0.1) is 0 Å². The first-order valence-corrected chi connectivity index (χ1v) is 31.5. The van der Waals surface area contributed by atoms with Crippen LogP contribution in [0.1, 0.15) is 67.8 Å². The van der Waals surface area contributed by atoms with E-state index in [2.05, 4.69) is 238 Å². The smallest absolute Gasteiger partial charge is 0.0736 e. The maximum absolute atomic E-state index is 5.27. The number of H-pyrrole nitrogens is 4. The highest BCUT2D eigenvalue weighted by atomic mass is 33.1. The van der Waals surface area contributed by atoms with Crippen LogP contribution >= 0.6 is 43.2 Å². The van der Waals surface area contributed by atoms with Crippen molar-refractivity contribution < 1.29 is 0 Å². The Kier molecular flexibility index (Phi) is 12.7. The van der Waals surface area contributed by atoms with Crippen molar-refractivity contribution in [3.8, 4) is 44.5 Å². The van der Waals surface area contributed by atoms with Gasteiger partial charge in [-0.25, -0.2) is 19.9 Å². The quantitative estimate of drug-likeness (QED) is 0.111. The zero-order valence-corrected chi connectivity index (χ0v) is 46.3. The predicted octanol–water partition coefficient (Wildman–Crippen LogP) is 18.8. The minimum Gasteiger partial charge on any atom is -0.355 e. The zero-order valence-electron chi connectivity index (χ0n) is 43.0. The summed E-state index contributed by atoms with van der Waals surface area (Å²) < 4.78 is 0. The van der Waals surface area contributed by atoms with Gasteiger partial charge in [-0.05, 0) is 166 Å².